The van der Waals surface area contributed by atoms with Crippen LogP contribution in [0.4, 0.5) is 0 Å². The Morgan fingerprint density at radius 3 is 0.931 bits per heavy atom. The average Bonchev–Trinajstić information content (AvgIpc) is 3.27. The van der Waals surface area contributed by atoms with E-state index in [1.165, 1.54) is 113 Å². The average molecular weight is 1090 g/mol. The molecule has 0 bridgehead atoms. The van der Waals surface area contributed by atoms with Gasteiger partial charge in [0.05, 0.1) is 19.8 Å². The summed E-state index contributed by atoms with van der Waals surface area (Å²) in [6.07, 6.45) is 17.8. The van der Waals surface area contributed by atoms with E-state index < -0.39 is 41.2 Å². The van der Waals surface area contributed by atoms with Gasteiger partial charge in [-0.2, -0.15) is 54.2 Å². The van der Waals surface area contributed by atoms with Gasteiger partial charge in [-0.1, -0.05) is 128 Å². The van der Waals surface area contributed by atoms with Crippen LogP contribution in [0.15, 0.2) is 97.1 Å². The van der Waals surface area contributed by atoms with Crippen LogP contribution in [0.3, 0.4) is 0 Å². The minimum atomic E-state index is -3.99. The molecule has 0 atom stereocenters. The quantitative estimate of drug-likeness (QED) is 0.0345. The molecule has 20 nitrogen and oxygen atoms in total. The number of rotatable bonds is 31. The van der Waals surface area contributed by atoms with Crippen LogP contribution in [-0.4, -0.2) is 59.3 Å². The molecule has 0 aromatic heterocycles. The number of ether oxygens (including phenoxy) is 3. The summed E-state index contributed by atoms with van der Waals surface area (Å²) >= 11 is 0. The molecule has 406 valence electrons. The molecule has 0 radical (unpaired) electrons. The Kier molecular flexibility index (Phi) is 32.3. The van der Waals surface area contributed by atoms with Crippen LogP contribution in [0.5, 0.6) is 40.2 Å². The highest BCUT2D eigenvalue weighted by Crippen LogP contribution is 2.23. The number of hydrogen-bond acceptors (Lipinski definition) is 16. The van der Waals surface area contributed by atoms with E-state index in [1.807, 2.05) is 0 Å². The molecule has 0 aliphatic carbocycles. The van der Waals surface area contributed by atoms with Crippen molar-refractivity contribution in [1.29, 1.82) is 0 Å². The second kappa shape index (κ2) is 35.8. The lowest BCUT2D eigenvalue weighted by Crippen LogP contribution is -2.18. The number of nitrogens with two attached hydrogens (primary N) is 4. The molecule has 0 aliphatic rings. The summed E-state index contributed by atoms with van der Waals surface area (Å²) in [6.45, 7) is 9.84. The number of ketones is 1. The monoisotopic (exact) mass is 1090 g/mol. The van der Waals surface area contributed by atoms with Gasteiger partial charge < -0.3 is 30.9 Å². The van der Waals surface area contributed by atoms with Gasteiger partial charge in [0.15, 0.2) is 0 Å². The Labute approximate surface area is 428 Å². The van der Waals surface area contributed by atoms with Crippen molar-refractivity contribution >= 4 is 47.0 Å². The summed E-state index contributed by atoms with van der Waals surface area (Å²) in [4.78, 5) is 10.8. The standard InChI is InChI=1S/C14H23NO4S.C13H21NO4S.C12H19NO4S.C9H11NO4S/c1-2-3-4-5-6-7-11-18-13-9-8-10-14(12-13)19-20(15,16)17;1-2-3-4-5-6-10-17-12-8-7-9-13(11-12)18-19(14,15)16;1-2-3-4-5-9-16-11-7-6-8-12(10-11)17-18(13,14)15;1-7(11)6-8-2-4-9(5-3-8)14-15(10,12)13/h8-10,12H,2-7,11H2,1H3,(H2,15,16,17);7-9,11H,2-6,10H2,1H3,(H2,14,15,16);6-8,10H,2-5,9H2,1H3,(H2,13,14,15);2-5H,6H2,1H3,(H2,10,12,13). The largest absolute Gasteiger partial charge is 0.493 e. The van der Waals surface area contributed by atoms with Crippen molar-refractivity contribution in [2.75, 3.05) is 19.8 Å². The normalized spacial score (nSPS) is 11.2. The first kappa shape index (κ1) is 64.8. The number of carbonyl (C=O) groups excluding carboxylic acids is 1. The van der Waals surface area contributed by atoms with Crippen LogP contribution < -0.4 is 51.5 Å². The van der Waals surface area contributed by atoms with E-state index in [4.69, 9.17) is 29.6 Å². The number of unbranched alkanes of at least 4 members (excludes halogenated alkanes) is 12. The molecular formula is C48H74N4O16S4. The van der Waals surface area contributed by atoms with Crippen molar-refractivity contribution in [2.45, 2.75) is 130 Å². The van der Waals surface area contributed by atoms with E-state index in [2.05, 4.69) is 42.6 Å². The Morgan fingerprint density at radius 1 is 0.375 bits per heavy atom. The van der Waals surface area contributed by atoms with Crippen LogP contribution in [0.25, 0.3) is 0 Å². The zero-order valence-corrected chi connectivity index (χ0v) is 44.9. The maximum atomic E-state index is 10.8. The van der Waals surface area contributed by atoms with Crippen LogP contribution in [0, 0.1) is 0 Å². The van der Waals surface area contributed by atoms with Gasteiger partial charge >= 0.3 is 41.2 Å². The number of hydrogen-bond donors (Lipinski definition) is 4. The van der Waals surface area contributed by atoms with Crippen molar-refractivity contribution in [3.63, 3.8) is 0 Å². The third-order valence-electron chi connectivity index (χ3n) is 9.19. The maximum Gasteiger partial charge on any atom is 0.380 e. The van der Waals surface area contributed by atoms with Crippen LogP contribution in [-0.2, 0) is 52.4 Å². The van der Waals surface area contributed by atoms with E-state index in [1.54, 1.807) is 48.5 Å². The van der Waals surface area contributed by atoms with Crippen LogP contribution >= 0.6 is 0 Å². The Morgan fingerprint density at radius 2 is 0.639 bits per heavy atom. The van der Waals surface area contributed by atoms with Crippen molar-refractivity contribution < 1.29 is 69.4 Å². The molecule has 4 rings (SSSR count). The fourth-order valence-corrected chi connectivity index (χ4v) is 7.52. The van der Waals surface area contributed by atoms with Gasteiger partial charge in [0.1, 0.15) is 46.0 Å². The van der Waals surface area contributed by atoms with E-state index in [-0.39, 0.29) is 28.8 Å². The van der Waals surface area contributed by atoms with Gasteiger partial charge in [0.2, 0.25) is 0 Å². The summed E-state index contributed by atoms with van der Waals surface area (Å²) in [7, 11) is -15.9. The number of benzene rings is 4. The molecule has 4 aromatic carbocycles. The summed E-state index contributed by atoms with van der Waals surface area (Å²) in [5.74, 6) is 2.38. The van der Waals surface area contributed by atoms with Gasteiger partial charge in [-0.25, -0.2) is 0 Å². The third-order valence-corrected chi connectivity index (χ3v) is 10.9. The lowest BCUT2D eigenvalue weighted by atomic mass is 10.1. The molecule has 8 N–H and O–H groups in total. The van der Waals surface area contributed by atoms with Gasteiger partial charge in [0, 0.05) is 24.6 Å². The molecule has 0 saturated heterocycles. The molecule has 24 heteroatoms. The molecule has 0 saturated carbocycles. The molecule has 0 amide bonds. The number of Topliss-reactive ketones (excluding diaryl/α,β-unsaturated/α-hetero) is 1. The lowest BCUT2D eigenvalue weighted by Gasteiger charge is -2.08. The van der Waals surface area contributed by atoms with Gasteiger partial charge in [0.25, 0.3) is 0 Å². The molecule has 0 aliphatic heterocycles. The smallest absolute Gasteiger partial charge is 0.380 e. The van der Waals surface area contributed by atoms with Crippen molar-refractivity contribution in [3.05, 3.63) is 103 Å². The van der Waals surface area contributed by atoms with E-state index in [0.29, 0.717) is 43.5 Å². The first-order valence-electron chi connectivity index (χ1n) is 23.6. The van der Waals surface area contributed by atoms with E-state index >= 15 is 0 Å². The molecule has 0 spiro atoms. The second-order valence-electron chi connectivity index (χ2n) is 16.0. The van der Waals surface area contributed by atoms with Crippen molar-refractivity contribution in [3.8, 4) is 40.2 Å². The molecule has 0 unspecified atom stereocenters. The highest BCUT2D eigenvalue weighted by atomic mass is 32.2. The zero-order chi connectivity index (χ0) is 53.9. The van der Waals surface area contributed by atoms with E-state index in [9.17, 15) is 38.5 Å². The minimum absolute atomic E-state index is 0.0371. The third kappa shape index (κ3) is 38.5. The summed E-state index contributed by atoms with van der Waals surface area (Å²) in [5, 5.41) is 19.1. The van der Waals surface area contributed by atoms with E-state index in [0.717, 1.165) is 44.1 Å². The first-order chi connectivity index (χ1) is 33.9. The van der Waals surface area contributed by atoms with Crippen molar-refractivity contribution in [2.24, 2.45) is 20.6 Å². The second-order valence-corrected chi connectivity index (χ2v) is 20.6. The fraction of sp³-hybridized carbons (Fsp3) is 0.479. The van der Waals surface area contributed by atoms with Gasteiger partial charge in [-0.3, -0.25) is 4.79 Å². The number of carbonyl (C=O) groups is 1. The molecule has 72 heavy (non-hydrogen) atoms. The van der Waals surface area contributed by atoms with Crippen LogP contribution in [0.2, 0.25) is 0 Å². The predicted molar refractivity (Wildman–Crippen MR) is 278 cm³/mol. The van der Waals surface area contributed by atoms with Gasteiger partial charge in [-0.15, -0.1) is 0 Å². The molecular weight excluding hydrogens is 1020 g/mol. The summed E-state index contributed by atoms with van der Waals surface area (Å²) in [5.41, 5.74) is 0.796. The Bertz CT molecular complexity index is 2590. The minimum Gasteiger partial charge on any atom is -0.493 e. The highest BCUT2D eigenvalue weighted by molar-refractivity contribution is 7.85. The zero-order valence-electron chi connectivity index (χ0n) is 41.6. The molecule has 0 fully saturated rings. The molecule has 4 aromatic rings. The molecule has 0 heterocycles. The SMILES string of the molecule is CC(=O)Cc1ccc(OS(N)(=O)=O)cc1.CCCCCCCCOc1cccc(OS(N)(=O)=O)c1.CCCCCCCOc1cccc(OS(N)(=O)=O)c1.CCCCCCOc1cccc(OS(N)(=O)=O)c1. The fourth-order valence-electron chi connectivity index (χ4n) is 6.02. The lowest BCUT2D eigenvalue weighted by molar-refractivity contribution is -0.116. The first-order valence-corrected chi connectivity index (χ1v) is 29.4. The topological polar surface area (TPSA) is 322 Å². The summed E-state index contributed by atoms with van der Waals surface area (Å²) in [6, 6.07) is 25.4. The predicted octanol–water partition coefficient (Wildman–Crippen LogP) is 8.25. The summed E-state index contributed by atoms with van der Waals surface area (Å²) < 4.78 is 121. The highest BCUT2D eigenvalue weighted by Gasteiger charge is 2.09. The van der Waals surface area contributed by atoms with Gasteiger partial charge in [-0.05, 0) is 80.3 Å². The van der Waals surface area contributed by atoms with Crippen LogP contribution in [0.1, 0.15) is 130 Å². The maximum absolute atomic E-state index is 10.8. The Balaban J connectivity index is 0.000000482. The Hall–Kier alpha value is -5.21. The van der Waals surface area contributed by atoms with Crippen molar-refractivity contribution in [1.82, 2.24) is 0 Å².